The zero-order valence-corrected chi connectivity index (χ0v) is 7.68. The van der Waals surface area contributed by atoms with Crippen molar-refractivity contribution in [2.24, 2.45) is 0 Å². The van der Waals surface area contributed by atoms with Gasteiger partial charge < -0.3 is 10.5 Å². The molecule has 0 unspecified atom stereocenters. The minimum atomic E-state index is -1.71. The van der Waals surface area contributed by atoms with E-state index in [9.17, 15) is 18.0 Å². The monoisotopic (exact) mass is 220 g/mol. The van der Waals surface area contributed by atoms with Gasteiger partial charge in [-0.1, -0.05) is 0 Å². The number of nitrogen functional groups attached to an aromatic ring is 1. The Morgan fingerprint density at radius 3 is 2.53 bits per heavy atom. The fourth-order valence-corrected chi connectivity index (χ4v) is 0.914. The summed E-state index contributed by atoms with van der Waals surface area (Å²) in [6.45, 7) is 1.34. The van der Waals surface area contributed by atoms with Crippen LogP contribution in [-0.4, -0.2) is 17.6 Å². The quantitative estimate of drug-likeness (QED) is 0.601. The van der Waals surface area contributed by atoms with Crippen LogP contribution in [0.5, 0.6) is 0 Å². The molecule has 1 rings (SSSR count). The van der Waals surface area contributed by atoms with Crippen LogP contribution in [0.25, 0.3) is 0 Å². The highest BCUT2D eigenvalue weighted by Crippen LogP contribution is 2.19. The SMILES string of the molecule is CCOC(=O)c1c(F)c(N)nc(F)c1F. The fourth-order valence-electron chi connectivity index (χ4n) is 0.914. The molecule has 0 saturated carbocycles. The van der Waals surface area contributed by atoms with Crippen molar-refractivity contribution in [2.45, 2.75) is 6.92 Å². The molecule has 2 N–H and O–H groups in total. The maximum absolute atomic E-state index is 13.1. The van der Waals surface area contributed by atoms with Crippen LogP contribution < -0.4 is 5.73 Å². The van der Waals surface area contributed by atoms with Crippen molar-refractivity contribution >= 4 is 11.8 Å². The van der Waals surface area contributed by atoms with Gasteiger partial charge in [-0.25, -0.2) is 13.6 Å². The van der Waals surface area contributed by atoms with E-state index in [0.29, 0.717) is 0 Å². The van der Waals surface area contributed by atoms with Crippen LogP contribution in [0.1, 0.15) is 17.3 Å². The zero-order valence-electron chi connectivity index (χ0n) is 7.68. The number of esters is 1. The van der Waals surface area contributed by atoms with Gasteiger partial charge in [0.1, 0.15) is 5.56 Å². The van der Waals surface area contributed by atoms with Crippen molar-refractivity contribution < 1.29 is 22.7 Å². The molecule has 0 aliphatic carbocycles. The molecular formula is C8H7F3N2O2. The van der Waals surface area contributed by atoms with E-state index < -0.39 is 34.9 Å². The molecule has 1 aromatic rings. The molecule has 82 valence electrons. The second kappa shape index (κ2) is 4.16. The Bertz CT molecular complexity index is 383. The Labute approximate surface area is 82.9 Å². The van der Waals surface area contributed by atoms with Crippen LogP contribution in [0.15, 0.2) is 0 Å². The van der Waals surface area contributed by atoms with E-state index in [-0.39, 0.29) is 6.61 Å². The van der Waals surface area contributed by atoms with Crippen LogP contribution in [0.4, 0.5) is 19.0 Å². The van der Waals surface area contributed by atoms with Crippen LogP contribution in [0.3, 0.4) is 0 Å². The molecule has 0 saturated heterocycles. The van der Waals surface area contributed by atoms with E-state index in [0.717, 1.165) is 0 Å². The number of pyridine rings is 1. The van der Waals surface area contributed by atoms with Crippen molar-refractivity contribution in [1.29, 1.82) is 0 Å². The molecule has 0 atom stereocenters. The normalized spacial score (nSPS) is 10.1. The molecule has 0 fully saturated rings. The predicted molar refractivity (Wildman–Crippen MR) is 44.5 cm³/mol. The number of ether oxygens (including phenoxy) is 1. The highest BCUT2D eigenvalue weighted by atomic mass is 19.2. The maximum Gasteiger partial charge on any atom is 0.344 e. The summed E-state index contributed by atoms with van der Waals surface area (Å²) in [7, 11) is 0. The number of aromatic nitrogens is 1. The van der Waals surface area contributed by atoms with Crippen LogP contribution in [0.2, 0.25) is 0 Å². The standard InChI is InChI=1S/C8H7F3N2O2/c1-2-15-8(14)3-4(9)6(11)13-7(12)5(3)10/h2H2,1H3,(H2,12,13). The molecule has 0 amide bonds. The fraction of sp³-hybridized carbons (Fsp3) is 0.250. The molecule has 0 aliphatic heterocycles. The summed E-state index contributed by atoms with van der Waals surface area (Å²) in [4.78, 5) is 13.8. The van der Waals surface area contributed by atoms with E-state index >= 15 is 0 Å². The number of anilines is 1. The average Bonchev–Trinajstić information content (AvgIpc) is 2.16. The van der Waals surface area contributed by atoms with Gasteiger partial charge in [0.2, 0.25) is 0 Å². The first-order chi connectivity index (χ1) is 6.99. The topological polar surface area (TPSA) is 65.2 Å². The van der Waals surface area contributed by atoms with Gasteiger partial charge in [0.05, 0.1) is 6.61 Å². The second-order valence-corrected chi connectivity index (χ2v) is 2.51. The van der Waals surface area contributed by atoms with E-state index in [1.165, 1.54) is 6.92 Å². The molecule has 1 heterocycles. The third-order valence-electron chi connectivity index (χ3n) is 1.54. The smallest absolute Gasteiger partial charge is 0.344 e. The lowest BCUT2D eigenvalue weighted by molar-refractivity contribution is 0.0513. The van der Waals surface area contributed by atoms with Crippen LogP contribution in [0, 0.1) is 17.6 Å². The molecule has 0 bridgehead atoms. The van der Waals surface area contributed by atoms with Crippen molar-refractivity contribution in [2.75, 3.05) is 12.3 Å². The molecular weight excluding hydrogens is 213 g/mol. The minimum absolute atomic E-state index is 0.0957. The molecule has 0 aromatic carbocycles. The largest absolute Gasteiger partial charge is 0.462 e. The molecule has 4 nitrogen and oxygen atoms in total. The minimum Gasteiger partial charge on any atom is -0.462 e. The number of halogens is 3. The Kier molecular flexibility index (Phi) is 3.13. The molecule has 0 radical (unpaired) electrons. The average molecular weight is 220 g/mol. The van der Waals surface area contributed by atoms with Gasteiger partial charge in [-0.15, -0.1) is 0 Å². The van der Waals surface area contributed by atoms with Crippen molar-refractivity contribution in [3.05, 3.63) is 23.1 Å². The number of rotatable bonds is 2. The third-order valence-corrected chi connectivity index (χ3v) is 1.54. The summed E-state index contributed by atoms with van der Waals surface area (Å²) < 4.78 is 43.1. The Hall–Kier alpha value is -1.79. The summed E-state index contributed by atoms with van der Waals surface area (Å²) in [6.07, 6.45) is 0. The number of carbonyl (C=O) groups is 1. The Morgan fingerprint density at radius 1 is 1.40 bits per heavy atom. The maximum atomic E-state index is 13.1. The number of carbonyl (C=O) groups excluding carboxylic acids is 1. The number of hydrogen-bond donors (Lipinski definition) is 1. The van der Waals surface area contributed by atoms with Gasteiger partial charge in [0.15, 0.2) is 17.5 Å². The van der Waals surface area contributed by atoms with E-state index in [2.05, 4.69) is 9.72 Å². The van der Waals surface area contributed by atoms with Gasteiger partial charge in [-0.3, -0.25) is 0 Å². The summed E-state index contributed by atoms with van der Waals surface area (Å²) >= 11 is 0. The van der Waals surface area contributed by atoms with Gasteiger partial charge in [0.25, 0.3) is 5.95 Å². The molecule has 0 aliphatic rings. The highest BCUT2D eigenvalue weighted by Gasteiger charge is 2.25. The lowest BCUT2D eigenvalue weighted by Crippen LogP contribution is -2.15. The highest BCUT2D eigenvalue weighted by molar-refractivity contribution is 5.90. The van der Waals surface area contributed by atoms with Gasteiger partial charge >= 0.3 is 5.97 Å². The van der Waals surface area contributed by atoms with Gasteiger partial charge in [-0.2, -0.15) is 9.37 Å². The summed E-state index contributed by atoms with van der Waals surface area (Å²) in [5.41, 5.74) is 3.76. The van der Waals surface area contributed by atoms with E-state index in [1.54, 1.807) is 0 Å². The van der Waals surface area contributed by atoms with Gasteiger partial charge in [-0.05, 0) is 6.92 Å². The summed E-state index contributed by atoms with van der Waals surface area (Å²) in [6, 6.07) is 0. The summed E-state index contributed by atoms with van der Waals surface area (Å²) in [5, 5.41) is 0. The lowest BCUT2D eigenvalue weighted by atomic mass is 10.2. The molecule has 7 heteroatoms. The number of nitrogens with two attached hydrogens (primary N) is 1. The van der Waals surface area contributed by atoms with Crippen molar-refractivity contribution in [1.82, 2.24) is 4.98 Å². The Balaban J connectivity index is 3.32. The number of nitrogens with zero attached hydrogens (tertiary/aromatic N) is 1. The lowest BCUT2D eigenvalue weighted by Gasteiger charge is -2.06. The van der Waals surface area contributed by atoms with Crippen LogP contribution in [-0.2, 0) is 4.74 Å². The molecule has 15 heavy (non-hydrogen) atoms. The van der Waals surface area contributed by atoms with Crippen LogP contribution >= 0.6 is 0 Å². The molecule has 1 aromatic heterocycles. The van der Waals surface area contributed by atoms with Crippen molar-refractivity contribution in [3.8, 4) is 0 Å². The third kappa shape index (κ3) is 2.00. The zero-order chi connectivity index (χ0) is 11.6. The molecule has 0 spiro atoms. The number of hydrogen-bond acceptors (Lipinski definition) is 4. The van der Waals surface area contributed by atoms with E-state index in [1.807, 2.05) is 0 Å². The van der Waals surface area contributed by atoms with E-state index in [4.69, 9.17) is 5.73 Å². The van der Waals surface area contributed by atoms with Gasteiger partial charge in [0, 0.05) is 0 Å². The summed E-state index contributed by atoms with van der Waals surface area (Å²) in [5.74, 6) is -6.98. The predicted octanol–water partition coefficient (Wildman–Crippen LogP) is 1.26. The first kappa shape index (κ1) is 11.3. The first-order valence-corrected chi connectivity index (χ1v) is 3.96. The Morgan fingerprint density at radius 2 is 2.00 bits per heavy atom. The second-order valence-electron chi connectivity index (χ2n) is 2.51. The first-order valence-electron chi connectivity index (χ1n) is 3.96. The van der Waals surface area contributed by atoms with Crippen molar-refractivity contribution in [3.63, 3.8) is 0 Å².